The molecule has 1 saturated heterocycles. The molecule has 1 amide bonds. The maximum atomic E-state index is 12.5. The number of hydrogen-bond donors (Lipinski definition) is 1. The van der Waals surface area contributed by atoms with Crippen LogP contribution in [-0.4, -0.2) is 49.0 Å². The second-order valence-corrected chi connectivity index (χ2v) is 6.10. The molecule has 0 bridgehead atoms. The summed E-state index contributed by atoms with van der Waals surface area (Å²) in [6, 6.07) is 0.608. The molecule has 2 aliphatic rings. The van der Waals surface area contributed by atoms with Gasteiger partial charge >= 0.3 is 5.97 Å². The maximum Gasteiger partial charge on any atom is 0.358 e. The monoisotopic (exact) mass is 292 g/mol. The quantitative estimate of drug-likeness (QED) is 0.903. The summed E-state index contributed by atoms with van der Waals surface area (Å²) in [4.78, 5) is 25.3. The predicted octanol–water partition coefficient (Wildman–Crippen LogP) is 1.16. The number of nitrogens with zero attached hydrogens (tertiary/aromatic N) is 4. The summed E-state index contributed by atoms with van der Waals surface area (Å²) in [7, 11) is 0. The number of carboxylic acids is 1. The maximum absolute atomic E-state index is 12.5. The third kappa shape index (κ3) is 2.64. The van der Waals surface area contributed by atoms with Crippen LogP contribution in [0, 0.1) is 5.92 Å². The summed E-state index contributed by atoms with van der Waals surface area (Å²) in [5.41, 5.74) is -0.132. The third-order valence-corrected chi connectivity index (χ3v) is 4.69. The van der Waals surface area contributed by atoms with Crippen LogP contribution >= 0.6 is 0 Å². The molecule has 2 heterocycles. The van der Waals surface area contributed by atoms with Gasteiger partial charge in [0, 0.05) is 12.1 Å². The number of likely N-dealkylation sites (tertiary alicyclic amines) is 1. The molecular weight excluding hydrogens is 272 g/mol. The fraction of sp³-hybridized carbons (Fsp3) is 0.714. The van der Waals surface area contributed by atoms with Crippen LogP contribution in [0.25, 0.3) is 0 Å². The second-order valence-electron chi connectivity index (χ2n) is 6.10. The van der Waals surface area contributed by atoms with Crippen molar-refractivity contribution in [2.24, 2.45) is 5.92 Å². The Kier molecular flexibility index (Phi) is 3.65. The average molecular weight is 292 g/mol. The fourth-order valence-corrected chi connectivity index (χ4v) is 3.83. The summed E-state index contributed by atoms with van der Waals surface area (Å²) in [6.07, 6.45) is 7.13. The Hall–Kier alpha value is -1.92. The Morgan fingerprint density at radius 1 is 1.38 bits per heavy atom. The SMILES string of the molecule is CC1CC2CCCCC2N1C(=O)Cn1cc(C(=O)O)nn1. The highest BCUT2D eigenvalue weighted by atomic mass is 16.4. The van der Waals surface area contributed by atoms with Crippen molar-refractivity contribution in [2.45, 2.75) is 57.7 Å². The van der Waals surface area contributed by atoms with E-state index < -0.39 is 5.97 Å². The van der Waals surface area contributed by atoms with Crippen LogP contribution < -0.4 is 0 Å². The van der Waals surface area contributed by atoms with Crippen LogP contribution in [0.15, 0.2) is 6.20 Å². The van der Waals surface area contributed by atoms with E-state index in [-0.39, 0.29) is 24.2 Å². The number of carbonyl (C=O) groups is 2. The van der Waals surface area contributed by atoms with Crippen molar-refractivity contribution < 1.29 is 14.7 Å². The molecular formula is C14H20N4O3. The third-order valence-electron chi connectivity index (χ3n) is 4.69. The molecule has 3 rings (SSSR count). The minimum Gasteiger partial charge on any atom is -0.476 e. The number of carboxylic acid groups (broad SMARTS) is 1. The van der Waals surface area contributed by atoms with Crippen LogP contribution in [0.5, 0.6) is 0 Å². The summed E-state index contributed by atoms with van der Waals surface area (Å²) in [5, 5.41) is 16.1. The molecule has 0 radical (unpaired) electrons. The fourth-order valence-electron chi connectivity index (χ4n) is 3.83. The molecule has 7 heteroatoms. The van der Waals surface area contributed by atoms with Gasteiger partial charge in [0.1, 0.15) is 6.54 Å². The Labute approximate surface area is 122 Å². The Bertz CT molecular complexity index is 556. The van der Waals surface area contributed by atoms with Crippen LogP contribution in [-0.2, 0) is 11.3 Å². The van der Waals surface area contributed by atoms with Crippen molar-refractivity contribution >= 4 is 11.9 Å². The van der Waals surface area contributed by atoms with Gasteiger partial charge in [-0.05, 0) is 32.1 Å². The van der Waals surface area contributed by atoms with Crippen LogP contribution in [0.4, 0.5) is 0 Å². The molecule has 1 aliphatic heterocycles. The molecule has 0 spiro atoms. The summed E-state index contributed by atoms with van der Waals surface area (Å²) in [5.74, 6) is -0.489. The standard InChI is InChI=1S/C14H20N4O3/c1-9-6-10-4-2-3-5-12(10)18(9)13(19)8-17-7-11(14(20)21)15-16-17/h7,9-10,12H,2-6,8H2,1H3,(H,20,21). The zero-order chi connectivity index (χ0) is 15.0. The predicted molar refractivity (Wildman–Crippen MR) is 73.7 cm³/mol. The van der Waals surface area contributed by atoms with Crippen LogP contribution in [0.2, 0.25) is 0 Å². The number of aromatic carboxylic acids is 1. The Balaban J connectivity index is 1.70. The highest BCUT2D eigenvalue weighted by Gasteiger charge is 2.42. The van der Waals surface area contributed by atoms with Crippen LogP contribution in [0.1, 0.15) is 49.5 Å². The average Bonchev–Trinajstić information content (AvgIpc) is 3.01. The molecule has 1 saturated carbocycles. The number of fused-ring (bicyclic) bond motifs is 1. The number of amides is 1. The van der Waals surface area contributed by atoms with Crippen molar-refractivity contribution in [1.82, 2.24) is 19.9 Å². The van der Waals surface area contributed by atoms with Gasteiger partial charge in [0.15, 0.2) is 5.69 Å². The van der Waals surface area contributed by atoms with Crippen molar-refractivity contribution in [1.29, 1.82) is 0 Å². The smallest absolute Gasteiger partial charge is 0.358 e. The van der Waals surface area contributed by atoms with Crippen molar-refractivity contribution in [3.63, 3.8) is 0 Å². The van der Waals surface area contributed by atoms with Gasteiger partial charge in [-0.15, -0.1) is 5.10 Å². The molecule has 0 aromatic carbocycles. The molecule has 1 N–H and O–H groups in total. The van der Waals surface area contributed by atoms with Gasteiger partial charge in [-0.2, -0.15) is 0 Å². The first-order chi connectivity index (χ1) is 10.1. The van der Waals surface area contributed by atoms with E-state index in [0.29, 0.717) is 12.0 Å². The number of hydrogen-bond acceptors (Lipinski definition) is 4. The largest absolute Gasteiger partial charge is 0.476 e. The molecule has 3 atom stereocenters. The van der Waals surface area contributed by atoms with E-state index in [4.69, 9.17) is 5.11 Å². The van der Waals surface area contributed by atoms with Gasteiger partial charge < -0.3 is 10.0 Å². The molecule has 21 heavy (non-hydrogen) atoms. The Morgan fingerprint density at radius 2 is 2.14 bits per heavy atom. The van der Waals surface area contributed by atoms with E-state index in [9.17, 15) is 9.59 Å². The molecule has 1 aromatic rings. The van der Waals surface area contributed by atoms with Crippen molar-refractivity contribution in [3.05, 3.63) is 11.9 Å². The van der Waals surface area contributed by atoms with Crippen molar-refractivity contribution in [2.75, 3.05) is 0 Å². The van der Waals surface area contributed by atoms with E-state index in [1.807, 2.05) is 4.90 Å². The van der Waals surface area contributed by atoms with Gasteiger partial charge in [-0.3, -0.25) is 4.79 Å². The first kappa shape index (κ1) is 14.0. The summed E-state index contributed by atoms with van der Waals surface area (Å²) < 4.78 is 1.31. The van der Waals surface area contributed by atoms with E-state index in [2.05, 4.69) is 17.2 Å². The van der Waals surface area contributed by atoms with Gasteiger partial charge in [-0.1, -0.05) is 18.1 Å². The normalized spacial score (nSPS) is 28.4. The van der Waals surface area contributed by atoms with Gasteiger partial charge in [-0.25, -0.2) is 9.48 Å². The number of rotatable bonds is 3. The summed E-state index contributed by atoms with van der Waals surface area (Å²) in [6.45, 7) is 2.16. The molecule has 3 unspecified atom stereocenters. The van der Waals surface area contributed by atoms with E-state index in [1.165, 1.54) is 30.1 Å². The molecule has 1 aromatic heterocycles. The first-order valence-corrected chi connectivity index (χ1v) is 7.51. The Morgan fingerprint density at radius 3 is 2.86 bits per heavy atom. The van der Waals surface area contributed by atoms with Gasteiger partial charge in [0.05, 0.1) is 6.20 Å². The van der Waals surface area contributed by atoms with Gasteiger partial charge in [0.2, 0.25) is 5.91 Å². The number of carbonyl (C=O) groups excluding carboxylic acids is 1. The lowest BCUT2D eigenvalue weighted by molar-refractivity contribution is -0.135. The topological polar surface area (TPSA) is 88.3 Å². The lowest BCUT2D eigenvalue weighted by atomic mass is 9.85. The van der Waals surface area contributed by atoms with Crippen molar-refractivity contribution in [3.8, 4) is 0 Å². The zero-order valence-corrected chi connectivity index (χ0v) is 12.1. The zero-order valence-electron chi connectivity index (χ0n) is 12.1. The van der Waals surface area contributed by atoms with Crippen LogP contribution in [0.3, 0.4) is 0 Å². The minimum atomic E-state index is -1.13. The number of aromatic nitrogens is 3. The van der Waals surface area contributed by atoms with E-state index in [0.717, 1.165) is 12.8 Å². The molecule has 114 valence electrons. The van der Waals surface area contributed by atoms with E-state index >= 15 is 0 Å². The lowest BCUT2D eigenvalue weighted by Gasteiger charge is -2.33. The summed E-state index contributed by atoms with van der Waals surface area (Å²) >= 11 is 0. The van der Waals surface area contributed by atoms with E-state index in [1.54, 1.807) is 0 Å². The van der Waals surface area contributed by atoms with Gasteiger partial charge in [0.25, 0.3) is 0 Å². The molecule has 1 aliphatic carbocycles. The highest BCUT2D eigenvalue weighted by molar-refractivity contribution is 5.84. The minimum absolute atomic E-state index is 0.0127. The first-order valence-electron chi connectivity index (χ1n) is 7.51. The highest BCUT2D eigenvalue weighted by Crippen LogP contribution is 2.39. The second kappa shape index (κ2) is 5.46. The molecule has 7 nitrogen and oxygen atoms in total. The molecule has 2 fully saturated rings. The lowest BCUT2D eigenvalue weighted by Crippen LogP contribution is -2.44.